The Morgan fingerprint density at radius 1 is 1.47 bits per heavy atom. The second kappa shape index (κ2) is 5.29. The molecule has 0 saturated heterocycles. The Kier molecular flexibility index (Phi) is 3.76. The summed E-state index contributed by atoms with van der Waals surface area (Å²) >= 11 is 0. The average molecular weight is 238 g/mol. The Hall–Kier alpha value is -1.39. The number of esters is 1. The van der Waals surface area contributed by atoms with Crippen molar-refractivity contribution in [3.05, 3.63) is 0 Å². The summed E-state index contributed by atoms with van der Waals surface area (Å²) in [6.07, 6.45) is 5.09. The van der Waals surface area contributed by atoms with Crippen molar-refractivity contribution >= 4 is 17.6 Å². The van der Waals surface area contributed by atoms with E-state index < -0.39 is 0 Å². The van der Waals surface area contributed by atoms with Crippen LogP contribution < -0.4 is 0 Å². The Balaban J connectivity index is 2.01. The van der Waals surface area contributed by atoms with Gasteiger partial charge in [0, 0.05) is 0 Å². The molecule has 1 atom stereocenters. The van der Waals surface area contributed by atoms with Gasteiger partial charge in [0.15, 0.2) is 0 Å². The maximum atomic E-state index is 12.0. The highest BCUT2D eigenvalue weighted by molar-refractivity contribution is 6.08. The van der Waals surface area contributed by atoms with Crippen molar-refractivity contribution in [2.24, 2.45) is 11.0 Å². The number of ether oxygens (including phenoxy) is 1. The molecule has 1 unspecified atom stereocenters. The molecule has 1 heterocycles. The van der Waals surface area contributed by atoms with Crippen molar-refractivity contribution in [3.63, 3.8) is 0 Å². The van der Waals surface area contributed by atoms with Crippen LogP contribution in [0.5, 0.6) is 0 Å². The number of carbonyl (C=O) groups is 2. The summed E-state index contributed by atoms with van der Waals surface area (Å²) in [5, 5.41) is 5.55. The highest BCUT2D eigenvalue weighted by Gasteiger charge is 2.36. The lowest BCUT2D eigenvalue weighted by Gasteiger charge is -2.12. The van der Waals surface area contributed by atoms with E-state index in [1.807, 2.05) is 0 Å². The number of carbonyl (C=O) groups excluding carboxylic acids is 2. The third-order valence-electron chi connectivity index (χ3n) is 3.21. The molecule has 1 saturated carbocycles. The minimum absolute atomic E-state index is 0.0325. The number of rotatable bonds is 3. The van der Waals surface area contributed by atoms with Gasteiger partial charge in [0.05, 0.1) is 18.2 Å². The lowest BCUT2D eigenvalue weighted by molar-refractivity contribution is -0.148. The number of fused-ring (bicyclic) bond motifs is 1. The van der Waals surface area contributed by atoms with Gasteiger partial charge in [-0.15, -0.1) is 0 Å². The third kappa shape index (κ3) is 2.65. The molecule has 0 bridgehead atoms. The van der Waals surface area contributed by atoms with Gasteiger partial charge >= 0.3 is 5.97 Å². The normalized spacial score (nSPS) is 24.1. The molecule has 94 valence electrons. The zero-order valence-electron chi connectivity index (χ0n) is 10.1. The summed E-state index contributed by atoms with van der Waals surface area (Å²) in [6, 6.07) is 0. The lowest BCUT2D eigenvalue weighted by atomic mass is 9.98. The Morgan fingerprint density at radius 3 is 3.06 bits per heavy atom. The fraction of sp³-hybridized carbons (Fsp3) is 0.750. The molecular weight excluding hydrogens is 220 g/mol. The Labute approximate surface area is 101 Å². The molecule has 0 aromatic carbocycles. The maximum absolute atomic E-state index is 12.0. The average Bonchev–Trinajstić information content (AvgIpc) is 2.51. The summed E-state index contributed by atoms with van der Waals surface area (Å²) in [6.45, 7) is 2.03. The minimum Gasteiger partial charge on any atom is -0.465 e. The van der Waals surface area contributed by atoms with Crippen LogP contribution in [0.4, 0.5) is 0 Å². The van der Waals surface area contributed by atoms with Crippen LogP contribution in [0.25, 0.3) is 0 Å². The van der Waals surface area contributed by atoms with Crippen molar-refractivity contribution in [2.75, 3.05) is 13.2 Å². The van der Waals surface area contributed by atoms with Gasteiger partial charge in [-0.05, 0) is 26.2 Å². The van der Waals surface area contributed by atoms with E-state index in [1.165, 1.54) is 11.4 Å². The molecule has 0 aromatic rings. The monoisotopic (exact) mass is 238 g/mol. The van der Waals surface area contributed by atoms with E-state index in [-0.39, 0.29) is 24.3 Å². The number of hydrazone groups is 1. The van der Waals surface area contributed by atoms with Gasteiger partial charge in [-0.25, -0.2) is 5.01 Å². The van der Waals surface area contributed by atoms with E-state index >= 15 is 0 Å². The van der Waals surface area contributed by atoms with Gasteiger partial charge < -0.3 is 4.74 Å². The molecule has 1 amide bonds. The standard InChI is InChI=1S/C12H18N2O3/c1-2-17-11(15)8-14-12(16)9-6-4-3-5-7-10(9)13-14/h9H,2-8H2,1H3. The predicted octanol–water partition coefficient (Wildman–Crippen LogP) is 1.33. The summed E-state index contributed by atoms with van der Waals surface area (Å²) in [5.41, 5.74) is 0.955. The second-order valence-electron chi connectivity index (χ2n) is 4.44. The molecule has 17 heavy (non-hydrogen) atoms. The Morgan fingerprint density at radius 2 is 2.29 bits per heavy atom. The number of amides is 1. The first kappa shape index (κ1) is 12.1. The molecule has 0 spiro atoms. The molecule has 5 nitrogen and oxygen atoms in total. The van der Waals surface area contributed by atoms with Gasteiger partial charge in [-0.2, -0.15) is 5.10 Å². The Bertz CT molecular complexity index is 352. The van der Waals surface area contributed by atoms with Crippen LogP contribution in [0.1, 0.15) is 39.0 Å². The van der Waals surface area contributed by atoms with Crippen LogP contribution in [0.2, 0.25) is 0 Å². The molecule has 2 rings (SSSR count). The zero-order valence-corrected chi connectivity index (χ0v) is 10.1. The van der Waals surface area contributed by atoms with E-state index in [2.05, 4.69) is 5.10 Å². The van der Waals surface area contributed by atoms with E-state index in [1.54, 1.807) is 6.92 Å². The smallest absolute Gasteiger partial charge is 0.327 e. The van der Waals surface area contributed by atoms with Crippen LogP contribution in [-0.4, -0.2) is 35.7 Å². The van der Waals surface area contributed by atoms with Crippen molar-refractivity contribution in [1.82, 2.24) is 5.01 Å². The van der Waals surface area contributed by atoms with E-state index in [4.69, 9.17) is 4.74 Å². The molecule has 1 aliphatic heterocycles. The predicted molar refractivity (Wildman–Crippen MR) is 62.4 cm³/mol. The van der Waals surface area contributed by atoms with Crippen LogP contribution in [0.3, 0.4) is 0 Å². The van der Waals surface area contributed by atoms with Crippen molar-refractivity contribution in [2.45, 2.75) is 39.0 Å². The van der Waals surface area contributed by atoms with Gasteiger partial charge in [0.25, 0.3) is 5.91 Å². The van der Waals surface area contributed by atoms with E-state index in [0.29, 0.717) is 6.61 Å². The molecule has 2 aliphatic rings. The maximum Gasteiger partial charge on any atom is 0.327 e. The van der Waals surface area contributed by atoms with Gasteiger partial charge in [-0.1, -0.05) is 12.8 Å². The molecule has 0 N–H and O–H groups in total. The number of nitrogens with zero attached hydrogens (tertiary/aromatic N) is 2. The molecule has 1 fully saturated rings. The highest BCUT2D eigenvalue weighted by Crippen LogP contribution is 2.27. The van der Waals surface area contributed by atoms with Gasteiger partial charge in [0.2, 0.25) is 0 Å². The van der Waals surface area contributed by atoms with Gasteiger partial charge in [-0.3, -0.25) is 9.59 Å². The van der Waals surface area contributed by atoms with Crippen LogP contribution in [0, 0.1) is 5.92 Å². The zero-order chi connectivity index (χ0) is 12.3. The topological polar surface area (TPSA) is 59.0 Å². The van der Waals surface area contributed by atoms with Crippen LogP contribution in [-0.2, 0) is 14.3 Å². The van der Waals surface area contributed by atoms with Crippen LogP contribution in [0.15, 0.2) is 5.10 Å². The van der Waals surface area contributed by atoms with Crippen molar-refractivity contribution in [3.8, 4) is 0 Å². The highest BCUT2D eigenvalue weighted by atomic mass is 16.5. The lowest BCUT2D eigenvalue weighted by Crippen LogP contribution is -2.32. The van der Waals surface area contributed by atoms with E-state index in [0.717, 1.165) is 31.4 Å². The largest absolute Gasteiger partial charge is 0.465 e. The minimum atomic E-state index is -0.387. The first-order valence-electron chi connectivity index (χ1n) is 6.26. The molecule has 5 heteroatoms. The summed E-state index contributed by atoms with van der Waals surface area (Å²) in [7, 11) is 0. The fourth-order valence-electron chi connectivity index (χ4n) is 2.38. The first-order valence-corrected chi connectivity index (χ1v) is 6.26. The van der Waals surface area contributed by atoms with Crippen molar-refractivity contribution in [1.29, 1.82) is 0 Å². The molecule has 0 aromatic heterocycles. The van der Waals surface area contributed by atoms with Crippen LogP contribution >= 0.6 is 0 Å². The molecular formula is C12H18N2O3. The SMILES string of the molecule is CCOC(=O)CN1N=C2CCCCCC2C1=O. The van der Waals surface area contributed by atoms with E-state index in [9.17, 15) is 9.59 Å². The third-order valence-corrected chi connectivity index (χ3v) is 3.21. The summed E-state index contributed by atoms with van der Waals surface area (Å²) in [4.78, 5) is 23.4. The second-order valence-corrected chi connectivity index (χ2v) is 4.44. The molecule has 0 radical (unpaired) electrons. The first-order chi connectivity index (χ1) is 8.22. The summed E-state index contributed by atoms with van der Waals surface area (Å²) < 4.78 is 4.83. The molecule has 1 aliphatic carbocycles. The number of hydrogen-bond donors (Lipinski definition) is 0. The number of hydrogen-bond acceptors (Lipinski definition) is 4. The summed E-state index contributed by atoms with van der Waals surface area (Å²) in [5.74, 6) is -0.497. The van der Waals surface area contributed by atoms with Crippen molar-refractivity contribution < 1.29 is 14.3 Å². The van der Waals surface area contributed by atoms with Gasteiger partial charge in [0.1, 0.15) is 6.54 Å². The fourth-order valence-corrected chi connectivity index (χ4v) is 2.38. The quantitative estimate of drug-likeness (QED) is 0.697.